The number of benzene rings is 1. The topological polar surface area (TPSA) is 81.1 Å². The molecule has 1 aromatic carbocycles. The molecular weight excluding hydrogens is 338 g/mol. The van der Waals surface area contributed by atoms with Gasteiger partial charge in [0.25, 0.3) is 0 Å². The molecule has 1 aromatic rings. The summed E-state index contributed by atoms with van der Waals surface area (Å²) in [5, 5.41) is 0. The van der Waals surface area contributed by atoms with Crippen molar-refractivity contribution < 1.29 is 44.0 Å². The van der Waals surface area contributed by atoms with E-state index in [4.69, 9.17) is 9.47 Å². The monoisotopic (exact) mass is 358 g/mol. The molecule has 0 saturated heterocycles. The predicted molar refractivity (Wildman–Crippen MR) is 77.5 cm³/mol. The van der Waals surface area contributed by atoms with Crippen LogP contribution in [-0.2, 0) is 34.4 Å². The van der Waals surface area contributed by atoms with Crippen LogP contribution in [0.5, 0.6) is 0 Å². The second kappa shape index (κ2) is 13.4. The molecule has 0 N–H and O–H groups in total. The summed E-state index contributed by atoms with van der Waals surface area (Å²) in [6, 6.07) is 6.59. The summed E-state index contributed by atoms with van der Waals surface area (Å²) in [7, 11) is 0. The Balaban J connectivity index is 0. The quantitative estimate of drug-likeness (QED) is 0.404. The Morgan fingerprint density at radius 2 is 1.23 bits per heavy atom. The van der Waals surface area contributed by atoms with Gasteiger partial charge in [-0.1, -0.05) is 38.8 Å². The SMILES string of the molecule is CCCCOC(=O)c1ccccc1C(=O)OCCCC.[O-2].[Zn+2]. The largest absolute Gasteiger partial charge is 2.00 e. The van der Waals surface area contributed by atoms with Crippen molar-refractivity contribution in [2.75, 3.05) is 13.2 Å². The van der Waals surface area contributed by atoms with Crippen LogP contribution in [0.3, 0.4) is 0 Å². The Kier molecular flexibility index (Phi) is 14.0. The normalized spacial score (nSPS) is 9.18. The maximum absolute atomic E-state index is 11.9. The molecule has 22 heavy (non-hydrogen) atoms. The fourth-order valence-electron chi connectivity index (χ4n) is 1.61. The Labute approximate surface area is 144 Å². The molecule has 0 aliphatic rings. The van der Waals surface area contributed by atoms with Crippen LogP contribution in [0.4, 0.5) is 0 Å². The van der Waals surface area contributed by atoms with E-state index in [0.29, 0.717) is 13.2 Å². The molecule has 0 saturated carbocycles. The number of carbonyl (C=O) groups excluding carboxylic acids is 2. The smallest absolute Gasteiger partial charge is 2.00 e. The van der Waals surface area contributed by atoms with Crippen molar-refractivity contribution in [1.82, 2.24) is 0 Å². The maximum atomic E-state index is 11.9. The van der Waals surface area contributed by atoms with Gasteiger partial charge in [0, 0.05) is 0 Å². The van der Waals surface area contributed by atoms with Crippen LogP contribution in [0.25, 0.3) is 0 Å². The van der Waals surface area contributed by atoms with Gasteiger partial charge in [-0.25, -0.2) is 9.59 Å². The van der Waals surface area contributed by atoms with Crippen LogP contribution in [0, 0.1) is 0 Å². The zero-order chi connectivity index (χ0) is 14.8. The number of unbranched alkanes of at least 4 members (excludes halogenated alkanes) is 2. The molecule has 0 unspecified atom stereocenters. The van der Waals surface area contributed by atoms with Crippen LogP contribution in [0.15, 0.2) is 24.3 Å². The minimum atomic E-state index is -0.471. The van der Waals surface area contributed by atoms with Crippen molar-refractivity contribution in [3.8, 4) is 0 Å². The molecule has 0 bridgehead atoms. The van der Waals surface area contributed by atoms with Gasteiger partial charge in [0.05, 0.1) is 24.3 Å². The number of hydrogen-bond acceptors (Lipinski definition) is 4. The average Bonchev–Trinajstić information content (AvgIpc) is 2.47. The molecule has 118 valence electrons. The first kappa shape index (κ1) is 23.0. The number of carbonyl (C=O) groups is 2. The van der Waals surface area contributed by atoms with E-state index in [0.717, 1.165) is 25.7 Å². The minimum Gasteiger partial charge on any atom is -2.00 e. The molecule has 0 amide bonds. The van der Waals surface area contributed by atoms with Crippen molar-refractivity contribution in [3.63, 3.8) is 0 Å². The van der Waals surface area contributed by atoms with E-state index in [1.165, 1.54) is 0 Å². The van der Waals surface area contributed by atoms with E-state index in [2.05, 4.69) is 0 Å². The second-order valence-corrected chi connectivity index (χ2v) is 4.52. The first-order valence-corrected chi connectivity index (χ1v) is 7.14. The number of hydrogen-bond donors (Lipinski definition) is 0. The van der Waals surface area contributed by atoms with Crippen LogP contribution in [-0.4, -0.2) is 25.2 Å². The fourth-order valence-corrected chi connectivity index (χ4v) is 1.61. The van der Waals surface area contributed by atoms with Crippen LogP contribution < -0.4 is 0 Å². The Hall–Kier alpha value is -1.26. The molecule has 0 radical (unpaired) electrons. The first-order chi connectivity index (χ1) is 9.70. The number of ether oxygens (including phenoxy) is 2. The molecule has 1 rings (SSSR count). The van der Waals surface area contributed by atoms with Gasteiger partial charge in [0.15, 0.2) is 0 Å². The molecular formula is C16H22O5Zn. The summed E-state index contributed by atoms with van der Waals surface area (Å²) >= 11 is 0. The van der Waals surface area contributed by atoms with Gasteiger partial charge in [-0.15, -0.1) is 0 Å². The maximum Gasteiger partial charge on any atom is 2.00 e. The summed E-state index contributed by atoms with van der Waals surface area (Å²) in [4.78, 5) is 23.9. The zero-order valence-corrected chi connectivity index (χ0v) is 16.3. The van der Waals surface area contributed by atoms with Crippen molar-refractivity contribution in [2.45, 2.75) is 39.5 Å². The van der Waals surface area contributed by atoms with Gasteiger partial charge in [-0.2, -0.15) is 0 Å². The van der Waals surface area contributed by atoms with Crippen molar-refractivity contribution in [2.24, 2.45) is 0 Å². The molecule has 0 aliphatic carbocycles. The van der Waals surface area contributed by atoms with Crippen molar-refractivity contribution >= 4 is 11.9 Å². The molecule has 0 aliphatic heterocycles. The second-order valence-electron chi connectivity index (χ2n) is 4.52. The molecule has 0 atom stereocenters. The Morgan fingerprint density at radius 3 is 1.55 bits per heavy atom. The van der Waals surface area contributed by atoms with Crippen LogP contribution in [0.1, 0.15) is 60.2 Å². The van der Waals surface area contributed by atoms with Gasteiger partial charge in [-0.3, -0.25) is 0 Å². The third-order valence-electron chi connectivity index (χ3n) is 2.83. The molecule has 0 aromatic heterocycles. The van der Waals surface area contributed by atoms with Gasteiger partial charge >= 0.3 is 31.4 Å². The first-order valence-electron chi connectivity index (χ1n) is 7.14. The molecule has 0 fully saturated rings. The molecule has 0 spiro atoms. The molecule has 5 nitrogen and oxygen atoms in total. The Morgan fingerprint density at radius 1 is 0.864 bits per heavy atom. The number of rotatable bonds is 8. The minimum absolute atomic E-state index is 0. The number of esters is 2. The summed E-state index contributed by atoms with van der Waals surface area (Å²) in [5.74, 6) is -0.942. The van der Waals surface area contributed by atoms with Crippen LogP contribution >= 0.6 is 0 Å². The van der Waals surface area contributed by atoms with E-state index < -0.39 is 11.9 Å². The zero-order valence-electron chi connectivity index (χ0n) is 13.3. The van der Waals surface area contributed by atoms with Gasteiger partial charge < -0.3 is 14.9 Å². The van der Waals surface area contributed by atoms with E-state index >= 15 is 0 Å². The molecule has 0 heterocycles. The summed E-state index contributed by atoms with van der Waals surface area (Å²) < 4.78 is 10.3. The third kappa shape index (κ3) is 7.67. The van der Waals surface area contributed by atoms with Crippen molar-refractivity contribution in [3.05, 3.63) is 35.4 Å². The standard InChI is InChI=1S/C16H22O4.O.Zn/c1-3-5-11-19-15(17)13-9-7-8-10-14(13)16(18)20-12-6-4-2;;/h7-10H,3-6,11-12H2,1-2H3;;/q;-2;+2. The van der Waals surface area contributed by atoms with Crippen LogP contribution in [0.2, 0.25) is 0 Å². The average molecular weight is 360 g/mol. The van der Waals surface area contributed by atoms with E-state index in [-0.39, 0.29) is 36.1 Å². The third-order valence-corrected chi connectivity index (χ3v) is 2.83. The van der Waals surface area contributed by atoms with Crippen molar-refractivity contribution in [1.29, 1.82) is 0 Å². The van der Waals surface area contributed by atoms with E-state index in [9.17, 15) is 9.59 Å². The summed E-state index contributed by atoms with van der Waals surface area (Å²) in [5.41, 5.74) is 0.537. The van der Waals surface area contributed by atoms with E-state index in [1.807, 2.05) is 13.8 Å². The van der Waals surface area contributed by atoms with Gasteiger partial charge in [-0.05, 0) is 25.0 Å². The summed E-state index contributed by atoms with van der Waals surface area (Å²) in [6.45, 7) is 4.78. The summed E-state index contributed by atoms with van der Waals surface area (Å²) in [6.07, 6.45) is 3.53. The molecule has 6 heteroatoms. The fraction of sp³-hybridized carbons (Fsp3) is 0.500. The van der Waals surface area contributed by atoms with Gasteiger partial charge in [0.1, 0.15) is 0 Å². The van der Waals surface area contributed by atoms with Gasteiger partial charge in [0.2, 0.25) is 0 Å². The predicted octanol–water partition coefficient (Wildman–Crippen LogP) is 3.48. The van der Waals surface area contributed by atoms with E-state index in [1.54, 1.807) is 24.3 Å². The Bertz CT molecular complexity index is 407.